The summed E-state index contributed by atoms with van der Waals surface area (Å²) in [4.78, 5) is 12.3. The number of unbranched alkanes of at least 4 members (excludes halogenated alkanes) is 6. The second-order valence-corrected chi connectivity index (χ2v) is 10.0. The first-order valence-corrected chi connectivity index (χ1v) is 14.3. The molecule has 0 aliphatic carbocycles. The van der Waals surface area contributed by atoms with Crippen LogP contribution in [0.4, 0.5) is 0 Å². The van der Waals surface area contributed by atoms with Gasteiger partial charge in [0.25, 0.3) is 0 Å². The van der Waals surface area contributed by atoms with Crippen LogP contribution in [-0.2, 0) is 11.3 Å². The van der Waals surface area contributed by atoms with Crippen molar-refractivity contribution in [1.29, 1.82) is 0 Å². The molecule has 38 heavy (non-hydrogen) atoms. The van der Waals surface area contributed by atoms with Crippen LogP contribution < -0.4 is 9.47 Å². The summed E-state index contributed by atoms with van der Waals surface area (Å²) in [6, 6.07) is 23.8. The Kier molecular flexibility index (Phi) is 12.8. The van der Waals surface area contributed by atoms with Crippen LogP contribution in [-0.4, -0.2) is 18.7 Å². The molecule has 3 aromatic rings. The van der Waals surface area contributed by atoms with Gasteiger partial charge in [-0.2, -0.15) is 0 Å². The van der Waals surface area contributed by atoms with Gasteiger partial charge in [-0.25, -0.2) is 4.79 Å². The quantitative estimate of drug-likeness (QED) is 0.132. The van der Waals surface area contributed by atoms with Gasteiger partial charge in [-0.05, 0) is 72.9 Å². The normalized spacial score (nSPS) is 11.7. The average Bonchev–Trinajstić information content (AvgIpc) is 2.95. The third-order valence-corrected chi connectivity index (χ3v) is 6.68. The number of benzene rings is 3. The van der Waals surface area contributed by atoms with Crippen LogP contribution in [0.5, 0.6) is 11.5 Å². The second-order valence-electron chi connectivity index (χ2n) is 10.0. The van der Waals surface area contributed by atoms with Gasteiger partial charge in [0.1, 0.15) is 18.1 Å². The molecule has 0 N–H and O–H groups in total. The largest absolute Gasteiger partial charge is 0.494 e. The van der Waals surface area contributed by atoms with E-state index in [-0.39, 0.29) is 12.1 Å². The van der Waals surface area contributed by atoms with Crippen LogP contribution in [0.25, 0.3) is 11.1 Å². The van der Waals surface area contributed by atoms with E-state index in [2.05, 4.69) is 38.1 Å². The van der Waals surface area contributed by atoms with E-state index in [4.69, 9.17) is 14.2 Å². The summed E-state index contributed by atoms with van der Waals surface area (Å²) >= 11 is 0. The van der Waals surface area contributed by atoms with Crippen molar-refractivity contribution in [2.24, 2.45) is 0 Å². The summed E-state index contributed by atoms with van der Waals surface area (Å²) < 4.78 is 17.4. The van der Waals surface area contributed by atoms with Gasteiger partial charge in [-0.1, -0.05) is 95.2 Å². The number of carbonyl (C=O) groups is 1. The van der Waals surface area contributed by atoms with Gasteiger partial charge >= 0.3 is 5.97 Å². The molecule has 0 radical (unpaired) electrons. The number of rotatable bonds is 17. The number of hydrogen-bond donors (Lipinski definition) is 0. The number of hydrogen-bond acceptors (Lipinski definition) is 4. The van der Waals surface area contributed by atoms with Gasteiger partial charge < -0.3 is 14.2 Å². The van der Waals surface area contributed by atoms with Gasteiger partial charge in [-0.3, -0.25) is 0 Å². The van der Waals surface area contributed by atoms with Crippen LogP contribution >= 0.6 is 0 Å². The predicted octanol–water partition coefficient (Wildman–Crippen LogP) is 9.41. The molecule has 4 nitrogen and oxygen atoms in total. The minimum absolute atomic E-state index is 0.0605. The maximum Gasteiger partial charge on any atom is 0.338 e. The highest BCUT2D eigenvalue weighted by atomic mass is 16.5. The summed E-state index contributed by atoms with van der Waals surface area (Å²) in [5.74, 6) is 1.46. The fourth-order valence-electron chi connectivity index (χ4n) is 4.26. The Morgan fingerprint density at radius 1 is 0.658 bits per heavy atom. The number of esters is 1. The van der Waals surface area contributed by atoms with Crippen LogP contribution in [0.15, 0.2) is 72.8 Å². The van der Waals surface area contributed by atoms with Gasteiger partial charge in [0, 0.05) is 0 Å². The first-order chi connectivity index (χ1) is 18.6. The van der Waals surface area contributed by atoms with E-state index in [0.717, 1.165) is 60.5 Å². The molecule has 0 bridgehead atoms. The predicted molar refractivity (Wildman–Crippen MR) is 156 cm³/mol. The fourth-order valence-corrected chi connectivity index (χ4v) is 4.26. The molecule has 0 fully saturated rings. The van der Waals surface area contributed by atoms with Crippen molar-refractivity contribution in [2.45, 2.75) is 91.3 Å². The third-order valence-electron chi connectivity index (χ3n) is 6.68. The summed E-state index contributed by atoms with van der Waals surface area (Å²) in [7, 11) is 0. The highest BCUT2D eigenvalue weighted by Crippen LogP contribution is 2.25. The van der Waals surface area contributed by atoms with E-state index in [9.17, 15) is 4.79 Å². The minimum atomic E-state index is -0.269. The summed E-state index contributed by atoms with van der Waals surface area (Å²) in [5.41, 5.74) is 3.85. The Hall–Kier alpha value is -3.27. The molecule has 0 saturated carbocycles. The molecular weight excluding hydrogens is 472 g/mol. The summed E-state index contributed by atoms with van der Waals surface area (Å²) in [6.07, 6.45) is 10.6. The van der Waals surface area contributed by atoms with E-state index in [1.165, 1.54) is 32.1 Å². The van der Waals surface area contributed by atoms with Crippen molar-refractivity contribution in [3.63, 3.8) is 0 Å². The zero-order valence-corrected chi connectivity index (χ0v) is 23.4. The van der Waals surface area contributed by atoms with Crippen molar-refractivity contribution in [2.75, 3.05) is 6.61 Å². The van der Waals surface area contributed by atoms with E-state index in [1.807, 2.05) is 43.3 Å². The zero-order valence-electron chi connectivity index (χ0n) is 23.4. The zero-order chi connectivity index (χ0) is 27.0. The Morgan fingerprint density at radius 2 is 1.21 bits per heavy atom. The van der Waals surface area contributed by atoms with Gasteiger partial charge in [0.15, 0.2) is 0 Å². The highest BCUT2D eigenvalue weighted by molar-refractivity contribution is 5.89. The lowest BCUT2D eigenvalue weighted by Crippen LogP contribution is -2.15. The lowest BCUT2D eigenvalue weighted by atomic mass is 10.1. The van der Waals surface area contributed by atoms with Crippen LogP contribution in [0, 0.1) is 0 Å². The molecule has 0 amide bonds. The molecule has 0 aromatic heterocycles. The Bertz CT molecular complexity index is 1060. The minimum Gasteiger partial charge on any atom is -0.494 e. The summed E-state index contributed by atoms with van der Waals surface area (Å²) in [5, 5.41) is 0. The Labute approximate surface area is 229 Å². The van der Waals surface area contributed by atoms with Crippen molar-refractivity contribution in [1.82, 2.24) is 0 Å². The fraction of sp³-hybridized carbons (Fsp3) is 0.441. The lowest BCUT2D eigenvalue weighted by molar-refractivity contribution is 0.0320. The second kappa shape index (κ2) is 16.5. The molecular formula is C34H44O4. The van der Waals surface area contributed by atoms with E-state index < -0.39 is 0 Å². The molecule has 0 heterocycles. The standard InChI is InChI=1S/C34H44O4/c1-4-6-8-9-10-11-25-36-32-21-17-29(18-22-32)30-19-23-33(24-20-30)37-26-28-13-15-31(16-14-28)34(35)38-27(3)12-7-5-2/h13-24,27H,4-12,25-26H2,1-3H3. The van der Waals surface area contributed by atoms with Crippen LogP contribution in [0.1, 0.15) is 94.5 Å². The van der Waals surface area contributed by atoms with Gasteiger partial charge in [0.2, 0.25) is 0 Å². The monoisotopic (exact) mass is 516 g/mol. The first-order valence-electron chi connectivity index (χ1n) is 14.3. The molecule has 3 rings (SSSR count). The smallest absolute Gasteiger partial charge is 0.338 e. The van der Waals surface area contributed by atoms with E-state index in [0.29, 0.717) is 12.2 Å². The molecule has 3 aromatic carbocycles. The number of carbonyl (C=O) groups excluding carboxylic acids is 1. The molecule has 1 unspecified atom stereocenters. The lowest BCUT2D eigenvalue weighted by Gasteiger charge is -2.13. The van der Waals surface area contributed by atoms with Crippen molar-refractivity contribution >= 4 is 5.97 Å². The number of ether oxygens (including phenoxy) is 3. The van der Waals surface area contributed by atoms with Crippen molar-refractivity contribution in [3.05, 3.63) is 83.9 Å². The van der Waals surface area contributed by atoms with E-state index >= 15 is 0 Å². The maximum absolute atomic E-state index is 12.3. The molecule has 0 saturated heterocycles. The molecule has 1 atom stereocenters. The molecule has 0 spiro atoms. The first kappa shape index (κ1) is 29.3. The topological polar surface area (TPSA) is 44.8 Å². The summed E-state index contributed by atoms with van der Waals surface area (Å²) in [6.45, 7) is 7.54. The van der Waals surface area contributed by atoms with Crippen LogP contribution in [0.2, 0.25) is 0 Å². The van der Waals surface area contributed by atoms with Crippen molar-refractivity contribution < 1.29 is 19.0 Å². The molecule has 0 aliphatic rings. The highest BCUT2D eigenvalue weighted by Gasteiger charge is 2.11. The van der Waals surface area contributed by atoms with Gasteiger partial charge in [0.05, 0.1) is 18.3 Å². The third kappa shape index (κ3) is 10.2. The van der Waals surface area contributed by atoms with E-state index in [1.54, 1.807) is 12.1 Å². The average molecular weight is 517 g/mol. The molecule has 0 aliphatic heterocycles. The molecule has 4 heteroatoms. The molecule has 204 valence electrons. The van der Waals surface area contributed by atoms with Crippen LogP contribution in [0.3, 0.4) is 0 Å². The Balaban J connectivity index is 1.41. The maximum atomic E-state index is 12.3. The SMILES string of the molecule is CCCCCCCCOc1ccc(-c2ccc(OCc3ccc(C(=O)OC(C)CCCC)cc3)cc2)cc1. The van der Waals surface area contributed by atoms with Crippen molar-refractivity contribution in [3.8, 4) is 22.6 Å². The van der Waals surface area contributed by atoms with Gasteiger partial charge in [-0.15, -0.1) is 0 Å². The Morgan fingerprint density at radius 3 is 1.82 bits per heavy atom.